The summed E-state index contributed by atoms with van der Waals surface area (Å²) in [6.45, 7) is 49.0. The van der Waals surface area contributed by atoms with Crippen molar-refractivity contribution >= 4 is 38.6 Å². The van der Waals surface area contributed by atoms with Crippen molar-refractivity contribution in [2.75, 3.05) is 19.0 Å². The van der Waals surface area contributed by atoms with Crippen molar-refractivity contribution in [2.45, 2.75) is 211 Å². The summed E-state index contributed by atoms with van der Waals surface area (Å²) in [5.74, 6) is 2.47. The fraction of sp³-hybridized carbons (Fsp3) is 0.440. The molecule has 0 radical (unpaired) electrons. The lowest BCUT2D eigenvalue weighted by atomic mass is 9.58. The molecule has 0 spiro atoms. The topological polar surface area (TPSA) is 55.9 Å². The SMILES string of the molecule is Cc1c(CC(C)(C)C(C)(C)c2c(O)ccc(CC(C)(C)C(C)(C)c3cc(OC4=C(C=CC5=[N+](C)c6ccc7ccccc7c6C5(C)C)CCCC4=CC=C4N(C)c5ccc6ccccc6c5C4(C)C)cc(CC(C)(C)C)c3C)c2C)cc(O)cc1C(C)(C)C. The normalized spacial score (nSPS) is 17.5. The van der Waals surface area contributed by atoms with Crippen molar-refractivity contribution in [1.82, 2.24) is 0 Å². The molecule has 0 unspecified atom stereocenters. The highest BCUT2D eigenvalue weighted by atomic mass is 16.5. The summed E-state index contributed by atoms with van der Waals surface area (Å²) >= 11 is 0. The third kappa shape index (κ3) is 11.5. The summed E-state index contributed by atoms with van der Waals surface area (Å²) in [6.07, 6.45) is 14.8. The quantitative estimate of drug-likeness (QED) is 0.107. The van der Waals surface area contributed by atoms with Crippen LogP contribution in [-0.2, 0) is 46.3 Å². The number of nitrogens with zero attached hydrogens (tertiary/aromatic N) is 2. The lowest BCUT2D eigenvalue weighted by Crippen LogP contribution is -2.41. The lowest BCUT2D eigenvalue weighted by Gasteiger charge is -2.46. The predicted molar refractivity (Wildman–Crippen MR) is 380 cm³/mol. The molecule has 2 N–H and O–H groups in total. The van der Waals surface area contributed by atoms with E-state index in [-0.39, 0.29) is 37.9 Å². The molecule has 5 heteroatoms. The zero-order valence-electron chi connectivity index (χ0n) is 58.6. The zero-order valence-corrected chi connectivity index (χ0v) is 58.6. The van der Waals surface area contributed by atoms with Crippen molar-refractivity contribution in [3.8, 4) is 17.2 Å². The molecule has 0 amide bonds. The van der Waals surface area contributed by atoms with Gasteiger partial charge in [-0.25, -0.2) is 0 Å². The van der Waals surface area contributed by atoms with Gasteiger partial charge in [0.2, 0.25) is 5.69 Å². The van der Waals surface area contributed by atoms with Gasteiger partial charge in [-0.2, -0.15) is 4.58 Å². The molecular weight excluding hydrogens is 1080 g/mol. The summed E-state index contributed by atoms with van der Waals surface area (Å²) < 4.78 is 10.1. The van der Waals surface area contributed by atoms with Crippen LogP contribution in [0.5, 0.6) is 17.2 Å². The molecule has 1 aliphatic carbocycles. The number of hydrogen-bond donors (Lipinski definition) is 2. The van der Waals surface area contributed by atoms with E-state index in [4.69, 9.17) is 4.74 Å². The van der Waals surface area contributed by atoms with E-state index in [1.807, 2.05) is 18.2 Å². The van der Waals surface area contributed by atoms with Gasteiger partial charge < -0.3 is 19.8 Å². The summed E-state index contributed by atoms with van der Waals surface area (Å²) in [5.41, 5.74) is 19.1. The summed E-state index contributed by atoms with van der Waals surface area (Å²) in [7, 11) is 4.46. The number of aromatic hydroxyl groups is 2. The van der Waals surface area contributed by atoms with Gasteiger partial charge in [0.25, 0.3) is 0 Å². The first-order chi connectivity index (χ1) is 41.3. The Hall–Kier alpha value is -7.11. The Labute approximate surface area is 536 Å². The van der Waals surface area contributed by atoms with E-state index in [2.05, 4.69) is 284 Å². The van der Waals surface area contributed by atoms with E-state index in [9.17, 15) is 10.2 Å². The van der Waals surface area contributed by atoms with Gasteiger partial charge in [0.05, 0.1) is 5.41 Å². The molecule has 0 atom stereocenters. The number of likely N-dealkylation sites (N-methyl/N-ethyl adjacent to an activating group) is 1. The Balaban J connectivity index is 1.06. The largest absolute Gasteiger partial charge is 0.508 e. The zero-order chi connectivity index (χ0) is 65.1. The van der Waals surface area contributed by atoms with Crippen molar-refractivity contribution in [1.29, 1.82) is 0 Å². The lowest BCUT2D eigenvalue weighted by molar-refractivity contribution is -0.401. The Morgan fingerprint density at radius 2 is 1.16 bits per heavy atom. The van der Waals surface area contributed by atoms with Gasteiger partial charge in [0.1, 0.15) is 30.1 Å². The highest BCUT2D eigenvalue weighted by Crippen LogP contribution is 2.54. The van der Waals surface area contributed by atoms with Crippen LogP contribution in [0, 0.1) is 37.0 Å². The number of phenolic OH excluding ortho intramolecular Hbond substituents is 2. The molecule has 0 fully saturated rings. The first kappa shape index (κ1) is 64.9. The van der Waals surface area contributed by atoms with Crippen LogP contribution >= 0.6 is 0 Å². The van der Waals surface area contributed by atoms with Gasteiger partial charge in [-0.05, 0) is 243 Å². The van der Waals surface area contributed by atoms with E-state index in [0.717, 1.165) is 72.3 Å². The van der Waals surface area contributed by atoms with Crippen LogP contribution in [0.3, 0.4) is 0 Å². The van der Waals surface area contributed by atoms with Gasteiger partial charge in [-0.15, -0.1) is 0 Å². The second kappa shape index (κ2) is 22.7. The molecule has 7 aromatic carbocycles. The first-order valence-corrected chi connectivity index (χ1v) is 33.0. The van der Waals surface area contributed by atoms with Gasteiger partial charge in [0, 0.05) is 47.1 Å². The maximum Gasteiger partial charge on any atom is 0.210 e. The van der Waals surface area contributed by atoms with E-state index >= 15 is 0 Å². The number of benzene rings is 7. The minimum atomic E-state index is -0.447. The van der Waals surface area contributed by atoms with E-state index in [1.54, 1.807) is 0 Å². The average molecular weight is 1190 g/mol. The highest BCUT2D eigenvalue weighted by Gasteiger charge is 2.47. The standard InChI is InChI=1S/C84H104N2O3/c1-52-60(45-62(87)47-66(52)78(7,8)9)51-80(12,13)84(20,21)73-54(3)59(37-42-70(73)88)50-79(10,11)83(18,19)67-48-63(46-61(53(67)2)49-77(4,5)6)89-76-57(38-43-71-81(14,15)74-64-33-26-24-29-55(64)35-40-68(74)85(71)22)31-28-32-58(76)39-44-72-82(16,17)75-65-34-27-25-30-56(65)36-41-69(75)86(72)23/h24-27,29-30,33-48H,28,31-32,49-51H2,1-23H3,(H-,87,88)/p+1. The third-order valence-corrected chi connectivity index (χ3v) is 22.4. The monoisotopic (exact) mass is 1190 g/mol. The van der Waals surface area contributed by atoms with Crippen LogP contribution in [0.1, 0.15) is 205 Å². The van der Waals surface area contributed by atoms with Crippen LogP contribution in [-0.4, -0.2) is 34.6 Å². The number of ether oxygens (including phenoxy) is 1. The fourth-order valence-corrected chi connectivity index (χ4v) is 16.0. The van der Waals surface area contributed by atoms with Gasteiger partial charge in [0.15, 0.2) is 5.71 Å². The number of fused-ring (bicyclic) bond motifs is 6. The molecule has 0 saturated carbocycles. The summed E-state index contributed by atoms with van der Waals surface area (Å²) in [6, 6.07) is 39.5. The second-order valence-corrected chi connectivity index (χ2v) is 32.6. The minimum Gasteiger partial charge on any atom is -0.508 e. The van der Waals surface area contributed by atoms with E-state index in [1.165, 1.54) is 94.4 Å². The second-order valence-electron chi connectivity index (χ2n) is 32.6. The van der Waals surface area contributed by atoms with Crippen LogP contribution < -0.4 is 9.64 Å². The Bertz CT molecular complexity index is 4140. The van der Waals surface area contributed by atoms with Crippen LogP contribution in [0.2, 0.25) is 0 Å². The highest BCUT2D eigenvalue weighted by molar-refractivity contribution is 6.07. The molecule has 468 valence electrons. The molecule has 0 saturated heterocycles. The average Bonchev–Trinajstić information content (AvgIpc) is 1.73. The van der Waals surface area contributed by atoms with Gasteiger partial charge in [-0.3, -0.25) is 0 Å². The summed E-state index contributed by atoms with van der Waals surface area (Å²) in [4.78, 5) is 2.40. The molecule has 2 aliphatic heterocycles. The minimum absolute atomic E-state index is 0.0213. The number of phenols is 2. The molecule has 0 bridgehead atoms. The molecule has 3 aliphatic rings. The molecule has 5 nitrogen and oxygen atoms in total. The number of anilines is 1. The Morgan fingerprint density at radius 3 is 1.80 bits per heavy atom. The molecule has 89 heavy (non-hydrogen) atoms. The summed E-state index contributed by atoms with van der Waals surface area (Å²) in [5, 5.41) is 28.3. The Kier molecular flexibility index (Phi) is 16.5. The maximum absolute atomic E-state index is 12.0. The Morgan fingerprint density at radius 1 is 0.573 bits per heavy atom. The van der Waals surface area contributed by atoms with Crippen molar-refractivity contribution in [2.24, 2.45) is 16.2 Å². The third-order valence-electron chi connectivity index (χ3n) is 22.4. The van der Waals surface area contributed by atoms with E-state index in [0.29, 0.717) is 11.5 Å². The molecular formula is C84H105N2O3+. The fourth-order valence-electron chi connectivity index (χ4n) is 16.0. The molecule has 0 aromatic heterocycles. The van der Waals surface area contributed by atoms with Crippen molar-refractivity contribution < 1.29 is 19.5 Å². The van der Waals surface area contributed by atoms with Crippen LogP contribution in [0.4, 0.5) is 11.4 Å². The smallest absolute Gasteiger partial charge is 0.210 e. The van der Waals surface area contributed by atoms with Gasteiger partial charge >= 0.3 is 0 Å². The first-order valence-electron chi connectivity index (χ1n) is 33.0. The van der Waals surface area contributed by atoms with Gasteiger partial charge in [-0.1, -0.05) is 178 Å². The van der Waals surface area contributed by atoms with Crippen molar-refractivity contribution in [3.05, 3.63) is 217 Å². The molecule has 7 aromatic rings. The molecule has 10 rings (SSSR count). The number of allylic oxidation sites excluding steroid dienone is 7. The number of hydrogen-bond acceptors (Lipinski definition) is 4. The van der Waals surface area contributed by atoms with Crippen LogP contribution in [0.15, 0.2) is 156 Å². The maximum atomic E-state index is 12.0. The molecule has 2 heterocycles. The van der Waals surface area contributed by atoms with Crippen molar-refractivity contribution in [3.63, 3.8) is 0 Å². The number of rotatable bonds is 14. The van der Waals surface area contributed by atoms with E-state index < -0.39 is 5.41 Å². The van der Waals surface area contributed by atoms with Crippen LogP contribution in [0.25, 0.3) is 21.5 Å². The predicted octanol–water partition coefficient (Wildman–Crippen LogP) is 21.6.